The summed E-state index contributed by atoms with van der Waals surface area (Å²) in [6.07, 6.45) is 14.9. The largest absolute Gasteiger partial charge is 0.379 e. The van der Waals surface area contributed by atoms with E-state index in [4.69, 9.17) is 4.74 Å². The Labute approximate surface area is 176 Å². The first kappa shape index (κ1) is 26.0. The van der Waals surface area contributed by atoms with E-state index in [1.165, 1.54) is 44.9 Å². The van der Waals surface area contributed by atoms with E-state index in [1.807, 2.05) is 0 Å². The molecular weight excluding hydrogens is 373 g/mol. The van der Waals surface area contributed by atoms with Gasteiger partial charge in [-0.05, 0) is 63.1 Å². The summed E-state index contributed by atoms with van der Waals surface area (Å²) in [4.78, 5) is 0. The topological polar surface area (TPSA) is 9.23 Å². The lowest BCUT2D eigenvalue weighted by Crippen LogP contribution is -2.33. The molecule has 0 aliphatic carbocycles. The van der Waals surface area contributed by atoms with Gasteiger partial charge in [0.05, 0.1) is 5.60 Å². The van der Waals surface area contributed by atoms with Crippen molar-refractivity contribution < 1.29 is 17.9 Å². The highest BCUT2D eigenvalue weighted by Crippen LogP contribution is 2.31. The maximum atomic E-state index is 13.3. The van der Waals surface area contributed by atoms with Crippen molar-refractivity contribution in [2.24, 2.45) is 5.92 Å². The zero-order valence-electron chi connectivity index (χ0n) is 19.0. The minimum absolute atomic E-state index is 0.105. The van der Waals surface area contributed by atoms with Crippen LogP contribution in [0.3, 0.4) is 0 Å². The number of rotatable bonds is 16. The molecule has 0 amide bonds. The second kappa shape index (κ2) is 14.1. The van der Waals surface area contributed by atoms with Crippen LogP contribution in [0.4, 0.5) is 13.2 Å². The first-order valence-electron chi connectivity index (χ1n) is 11.5. The van der Waals surface area contributed by atoms with E-state index in [0.29, 0.717) is 17.9 Å². The molecule has 0 spiro atoms. The number of methoxy groups -OCH3 is 1. The Hall–Kier alpha value is -1.03. The Bertz CT molecular complexity index is 548. The van der Waals surface area contributed by atoms with Crippen molar-refractivity contribution in [3.63, 3.8) is 0 Å². The van der Waals surface area contributed by atoms with Gasteiger partial charge in [-0.25, -0.2) is 13.2 Å². The third kappa shape index (κ3) is 10.0. The van der Waals surface area contributed by atoms with E-state index in [1.54, 1.807) is 7.11 Å². The fourth-order valence-corrected chi connectivity index (χ4v) is 4.00. The zero-order valence-corrected chi connectivity index (χ0v) is 19.0. The second-order valence-corrected chi connectivity index (χ2v) is 8.89. The average molecular weight is 415 g/mol. The number of benzene rings is 1. The lowest BCUT2D eigenvalue weighted by molar-refractivity contribution is -0.0352. The van der Waals surface area contributed by atoms with E-state index in [9.17, 15) is 13.2 Å². The number of unbranched alkanes of at least 4 members (excludes halogenated alkanes) is 8. The van der Waals surface area contributed by atoms with Crippen LogP contribution in [0.2, 0.25) is 0 Å². The highest BCUT2D eigenvalue weighted by atomic mass is 19.2. The van der Waals surface area contributed by atoms with Crippen LogP contribution in [0.15, 0.2) is 12.1 Å². The smallest absolute Gasteiger partial charge is 0.194 e. The molecule has 0 bridgehead atoms. The lowest BCUT2D eigenvalue weighted by Gasteiger charge is -2.33. The van der Waals surface area contributed by atoms with Gasteiger partial charge in [-0.3, -0.25) is 0 Å². The molecule has 1 unspecified atom stereocenters. The minimum Gasteiger partial charge on any atom is -0.379 e. The summed E-state index contributed by atoms with van der Waals surface area (Å²) >= 11 is 0. The summed E-state index contributed by atoms with van der Waals surface area (Å²) < 4.78 is 45.3. The van der Waals surface area contributed by atoms with E-state index < -0.39 is 17.5 Å². The summed E-state index contributed by atoms with van der Waals surface area (Å²) in [5, 5.41) is 0. The Morgan fingerprint density at radius 3 is 1.79 bits per heavy atom. The van der Waals surface area contributed by atoms with Gasteiger partial charge >= 0.3 is 0 Å². The first-order chi connectivity index (χ1) is 13.8. The predicted octanol–water partition coefficient (Wildman–Crippen LogP) is 8.39. The monoisotopic (exact) mass is 414 g/mol. The van der Waals surface area contributed by atoms with Crippen LogP contribution in [0, 0.1) is 23.4 Å². The molecule has 29 heavy (non-hydrogen) atoms. The van der Waals surface area contributed by atoms with Gasteiger partial charge in [0.15, 0.2) is 17.5 Å². The van der Waals surface area contributed by atoms with Crippen LogP contribution in [0.25, 0.3) is 0 Å². The van der Waals surface area contributed by atoms with Gasteiger partial charge in [0.2, 0.25) is 0 Å². The van der Waals surface area contributed by atoms with Crippen molar-refractivity contribution in [2.75, 3.05) is 7.11 Å². The SMILES string of the molecule is CCCCCCCCC(CCCCCCc1cc(F)c(F)c(F)c1)C(C)(C)OC. The third-order valence-corrected chi connectivity index (χ3v) is 6.23. The summed E-state index contributed by atoms with van der Waals surface area (Å²) in [7, 11) is 1.80. The van der Waals surface area contributed by atoms with Crippen molar-refractivity contribution >= 4 is 0 Å². The maximum absolute atomic E-state index is 13.3. The molecule has 0 aromatic heterocycles. The number of aryl methyl sites for hydroxylation is 1. The number of halogens is 3. The molecule has 1 aromatic carbocycles. The van der Waals surface area contributed by atoms with Gasteiger partial charge in [-0.1, -0.05) is 64.7 Å². The Morgan fingerprint density at radius 1 is 0.793 bits per heavy atom. The van der Waals surface area contributed by atoms with Crippen LogP contribution in [0.1, 0.15) is 103 Å². The predicted molar refractivity (Wildman–Crippen MR) is 116 cm³/mol. The standard InChI is InChI=1S/C25H41F3O/c1-5-6-7-8-9-13-16-21(25(2,3)29-4)17-14-11-10-12-15-20-18-22(26)24(28)23(27)19-20/h18-19,21H,5-17H2,1-4H3. The summed E-state index contributed by atoms with van der Waals surface area (Å²) in [5.74, 6) is -3.02. The molecule has 1 aromatic rings. The average Bonchev–Trinajstić information content (AvgIpc) is 2.69. The second-order valence-electron chi connectivity index (χ2n) is 8.89. The Morgan fingerprint density at radius 2 is 1.28 bits per heavy atom. The summed E-state index contributed by atoms with van der Waals surface area (Å²) in [6, 6.07) is 2.21. The first-order valence-corrected chi connectivity index (χ1v) is 11.5. The van der Waals surface area contributed by atoms with Crippen LogP contribution < -0.4 is 0 Å². The van der Waals surface area contributed by atoms with Gasteiger partial charge in [-0.15, -0.1) is 0 Å². The zero-order chi connectivity index (χ0) is 21.7. The molecule has 0 N–H and O–H groups in total. The summed E-state index contributed by atoms with van der Waals surface area (Å²) in [6.45, 7) is 6.62. The van der Waals surface area contributed by atoms with Crippen LogP contribution >= 0.6 is 0 Å². The molecule has 0 saturated heterocycles. The van der Waals surface area contributed by atoms with E-state index >= 15 is 0 Å². The highest BCUT2D eigenvalue weighted by Gasteiger charge is 2.28. The number of hydrogen-bond acceptors (Lipinski definition) is 1. The van der Waals surface area contributed by atoms with Gasteiger partial charge in [-0.2, -0.15) is 0 Å². The lowest BCUT2D eigenvalue weighted by atomic mass is 9.82. The molecule has 168 valence electrons. The Kier molecular flexibility index (Phi) is 12.6. The van der Waals surface area contributed by atoms with Crippen molar-refractivity contribution in [1.29, 1.82) is 0 Å². The van der Waals surface area contributed by atoms with Crippen molar-refractivity contribution in [3.8, 4) is 0 Å². The highest BCUT2D eigenvalue weighted by molar-refractivity contribution is 5.19. The van der Waals surface area contributed by atoms with Crippen LogP contribution in [0.5, 0.6) is 0 Å². The molecule has 1 nitrogen and oxygen atoms in total. The molecule has 0 saturated carbocycles. The Balaban J connectivity index is 2.29. The van der Waals surface area contributed by atoms with Crippen molar-refractivity contribution in [3.05, 3.63) is 35.1 Å². The molecule has 0 heterocycles. The number of ether oxygens (including phenoxy) is 1. The van der Waals surface area contributed by atoms with Crippen LogP contribution in [-0.4, -0.2) is 12.7 Å². The molecule has 1 rings (SSSR count). The molecule has 0 aliphatic rings. The van der Waals surface area contributed by atoms with E-state index in [-0.39, 0.29) is 5.60 Å². The van der Waals surface area contributed by atoms with E-state index in [2.05, 4.69) is 20.8 Å². The third-order valence-electron chi connectivity index (χ3n) is 6.23. The van der Waals surface area contributed by atoms with Gasteiger partial charge < -0.3 is 4.74 Å². The minimum atomic E-state index is -1.38. The summed E-state index contributed by atoms with van der Waals surface area (Å²) in [5.41, 5.74) is 0.426. The van der Waals surface area contributed by atoms with Gasteiger partial charge in [0.1, 0.15) is 0 Å². The maximum Gasteiger partial charge on any atom is 0.194 e. The molecular formula is C25H41F3O. The quantitative estimate of drug-likeness (QED) is 0.195. The van der Waals surface area contributed by atoms with E-state index in [0.717, 1.165) is 44.2 Å². The normalized spacial score (nSPS) is 13.1. The molecule has 0 radical (unpaired) electrons. The van der Waals surface area contributed by atoms with Crippen LogP contribution in [-0.2, 0) is 11.2 Å². The molecule has 4 heteroatoms. The fourth-order valence-electron chi connectivity index (χ4n) is 4.00. The van der Waals surface area contributed by atoms with Gasteiger partial charge in [0, 0.05) is 7.11 Å². The molecule has 0 aliphatic heterocycles. The number of hydrogen-bond donors (Lipinski definition) is 0. The fraction of sp³-hybridized carbons (Fsp3) is 0.760. The molecule has 0 fully saturated rings. The van der Waals surface area contributed by atoms with Crippen molar-refractivity contribution in [2.45, 2.75) is 110 Å². The van der Waals surface area contributed by atoms with Crippen molar-refractivity contribution in [1.82, 2.24) is 0 Å². The van der Waals surface area contributed by atoms with Gasteiger partial charge in [0.25, 0.3) is 0 Å². The molecule has 1 atom stereocenters.